The van der Waals surface area contributed by atoms with Crippen LogP contribution in [0.5, 0.6) is 5.75 Å². The molecular weight excluding hydrogens is 233 g/mol. The van der Waals surface area contributed by atoms with Crippen LogP contribution in [0.1, 0.15) is 20.3 Å². The summed E-state index contributed by atoms with van der Waals surface area (Å²) < 4.78 is 18.0. The van der Waals surface area contributed by atoms with Gasteiger partial charge in [0, 0.05) is 6.54 Å². The molecule has 0 aliphatic rings. The molecule has 0 aliphatic carbocycles. The van der Waals surface area contributed by atoms with E-state index >= 15 is 0 Å². The maximum absolute atomic E-state index is 12.6. The Morgan fingerprint density at radius 1 is 1.28 bits per heavy atom. The van der Waals surface area contributed by atoms with E-state index in [4.69, 9.17) is 4.74 Å². The average Bonchev–Trinajstić information content (AvgIpc) is 2.34. The van der Waals surface area contributed by atoms with Crippen LogP contribution in [0.3, 0.4) is 0 Å². The van der Waals surface area contributed by atoms with Crippen molar-refractivity contribution in [2.75, 3.05) is 19.7 Å². The van der Waals surface area contributed by atoms with Gasteiger partial charge in [0.15, 0.2) is 0 Å². The Hall–Kier alpha value is -1.13. The molecule has 1 unspecified atom stereocenters. The number of ether oxygens (including phenoxy) is 1. The minimum atomic E-state index is -0.554. The van der Waals surface area contributed by atoms with Crippen LogP contribution in [-0.4, -0.2) is 30.9 Å². The number of aliphatic hydroxyl groups excluding tert-OH is 1. The lowest BCUT2D eigenvalue weighted by Crippen LogP contribution is -2.32. The van der Waals surface area contributed by atoms with Gasteiger partial charge in [-0.2, -0.15) is 0 Å². The topological polar surface area (TPSA) is 41.5 Å². The molecule has 0 spiro atoms. The highest BCUT2D eigenvalue weighted by Gasteiger charge is 2.05. The number of hydrogen-bond acceptors (Lipinski definition) is 3. The molecule has 4 heteroatoms. The van der Waals surface area contributed by atoms with Gasteiger partial charge in [-0.15, -0.1) is 0 Å². The molecule has 1 rings (SSSR count). The Labute approximate surface area is 108 Å². The Morgan fingerprint density at radius 3 is 2.56 bits per heavy atom. The SMILES string of the molecule is CC(C)CCNCC(O)COc1ccc(F)cc1. The van der Waals surface area contributed by atoms with Crippen LogP contribution in [0.25, 0.3) is 0 Å². The smallest absolute Gasteiger partial charge is 0.123 e. The van der Waals surface area contributed by atoms with Crippen molar-refractivity contribution in [2.24, 2.45) is 5.92 Å². The zero-order chi connectivity index (χ0) is 13.4. The lowest BCUT2D eigenvalue weighted by atomic mass is 10.1. The van der Waals surface area contributed by atoms with Gasteiger partial charge in [-0.25, -0.2) is 4.39 Å². The summed E-state index contributed by atoms with van der Waals surface area (Å²) in [7, 11) is 0. The summed E-state index contributed by atoms with van der Waals surface area (Å²) in [5.74, 6) is 0.931. The Balaban J connectivity index is 2.13. The molecule has 0 fully saturated rings. The monoisotopic (exact) mass is 255 g/mol. The van der Waals surface area contributed by atoms with Gasteiger partial charge in [0.2, 0.25) is 0 Å². The van der Waals surface area contributed by atoms with Crippen LogP contribution in [0.4, 0.5) is 4.39 Å². The van der Waals surface area contributed by atoms with Crippen molar-refractivity contribution in [3.05, 3.63) is 30.1 Å². The standard InChI is InChI=1S/C14H22FNO2/c1-11(2)7-8-16-9-13(17)10-18-14-5-3-12(15)4-6-14/h3-6,11,13,16-17H,7-10H2,1-2H3. The van der Waals surface area contributed by atoms with Crippen LogP contribution in [0.2, 0.25) is 0 Å². The maximum Gasteiger partial charge on any atom is 0.123 e. The number of rotatable bonds is 8. The molecule has 18 heavy (non-hydrogen) atoms. The van der Waals surface area contributed by atoms with Gasteiger partial charge in [0.1, 0.15) is 24.3 Å². The molecule has 0 bridgehead atoms. The molecule has 3 nitrogen and oxygen atoms in total. The second-order valence-corrected chi connectivity index (χ2v) is 4.81. The Morgan fingerprint density at radius 2 is 1.94 bits per heavy atom. The van der Waals surface area contributed by atoms with E-state index in [1.54, 1.807) is 12.1 Å². The van der Waals surface area contributed by atoms with Gasteiger partial charge >= 0.3 is 0 Å². The molecule has 0 aliphatic heterocycles. The molecule has 0 aromatic heterocycles. The highest BCUT2D eigenvalue weighted by Crippen LogP contribution is 2.11. The van der Waals surface area contributed by atoms with Crippen molar-refractivity contribution in [3.8, 4) is 5.75 Å². The Bertz CT molecular complexity index is 327. The van der Waals surface area contributed by atoms with Crippen LogP contribution in [0.15, 0.2) is 24.3 Å². The van der Waals surface area contributed by atoms with Crippen molar-refractivity contribution in [2.45, 2.75) is 26.4 Å². The zero-order valence-electron chi connectivity index (χ0n) is 11.0. The van der Waals surface area contributed by atoms with E-state index in [2.05, 4.69) is 19.2 Å². The van der Waals surface area contributed by atoms with E-state index in [1.165, 1.54) is 12.1 Å². The quantitative estimate of drug-likeness (QED) is 0.700. The van der Waals surface area contributed by atoms with Gasteiger partial charge < -0.3 is 15.2 Å². The molecular formula is C14H22FNO2. The molecule has 0 radical (unpaired) electrons. The fourth-order valence-electron chi connectivity index (χ4n) is 1.44. The van der Waals surface area contributed by atoms with Gasteiger partial charge in [0.05, 0.1) is 0 Å². The fraction of sp³-hybridized carbons (Fsp3) is 0.571. The average molecular weight is 255 g/mol. The molecule has 0 amide bonds. The van der Waals surface area contributed by atoms with Crippen molar-refractivity contribution >= 4 is 0 Å². The molecule has 0 saturated heterocycles. The minimum absolute atomic E-state index is 0.209. The van der Waals surface area contributed by atoms with Crippen LogP contribution >= 0.6 is 0 Å². The summed E-state index contributed by atoms with van der Waals surface area (Å²) in [6.07, 6.45) is 0.535. The number of hydrogen-bond donors (Lipinski definition) is 2. The third-order valence-electron chi connectivity index (χ3n) is 2.53. The third-order valence-corrected chi connectivity index (χ3v) is 2.53. The first-order chi connectivity index (χ1) is 8.58. The van der Waals surface area contributed by atoms with Crippen molar-refractivity contribution < 1.29 is 14.2 Å². The Kier molecular flexibility index (Phi) is 6.68. The summed E-state index contributed by atoms with van der Waals surface area (Å²) in [6, 6.07) is 5.77. The molecule has 0 saturated carbocycles. The van der Waals surface area contributed by atoms with Gasteiger partial charge in [-0.05, 0) is 43.1 Å². The lowest BCUT2D eigenvalue weighted by Gasteiger charge is -2.13. The van der Waals surface area contributed by atoms with E-state index in [9.17, 15) is 9.50 Å². The highest BCUT2D eigenvalue weighted by atomic mass is 19.1. The van der Waals surface area contributed by atoms with E-state index in [-0.39, 0.29) is 12.4 Å². The van der Waals surface area contributed by atoms with Gasteiger partial charge in [0.25, 0.3) is 0 Å². The minimum Gasteiger partial charge on any atom is -0.491 e. The van der Waals surface area contributed by atoms with Crippen molar-refractivity contribution in [1.82, 2.24) is 5.32 Å². The normalized spacial score (nSPS) is 12.7. The second kappa shape index (κ2) is 8.06. The third kappa shape index (κ3) is 6.57. The van der Waals surface area contributed by atoms with Crippen LogP contribution < -0.4 is 10.1 Å². The summed E-state index contributed by atoms with van der Waals surface area (Å²) in [6.45, 7) is 5.94. The molecule has 102 valence electrons. The van der Waals surface area contributed by atoms with Gasteiger partial charge in [-0.3, -0.25) is 0 Å². The molecule has 0 heterocycles. The summed E-state index contributed by atoms with van der Waals surface area (Å²) >= 11 is 0. The van der Waals surface area contributed by atoms with E-state index in [1.807, 2.05) is 0 Å². The largest absolute Gasteiger partial charge is 0.491 e. The lowest BCUT2D eigenvalue weighted by molar-refractivity contribution is 0.106. The predicted molar refractivity (Wildman–Crippen MR) is 70.2 cm³/mol. The van der Waals surface area contributed by atoms with E-state index < -0.39 is 6.10 Å². The maximum atomic E-state index is 12.6. The first-order valence-corrected chi connectivity index (χ1v) is 6.35. The second-order valence-electron chi connectivity index (χ2n) is 4.81. The summed E-state index contributed by atoms with van der Waals surface area (Å²) in [5, 5.41) is 12.8. The number of halogens is 1. The molecule has 2 N–H and O–H groups in total. The first-order valence-electron chi connectivity index (χ1n) is 6.35. The highest BCUT2D eigenvalue weighted by molar-refractivity contribution is 5.22. The number of nitrogens with one attached hydrogen (secondary N) is 1. The van der Waals surface area contributed by atoms with E-state index in [0.717, 1.165) is 13.0 Å². The van der Waals surface area contributed by atoms with E-state index in [0.29, 0.717) is 18.2 Å². The van der Waals surface area contributed by atoms with Gasteiger partial charge in [-0.1, -0.05) is 13.8 Å². The molecule has 1 aromatic rings. The summed E-state index contributed by atoms with van der Waals surface area (Å²) in [4.78, 5) is 0. The summed E-state index contributed by atoms with van der Waals surface area (Å²) in [5.41, 5.74) is 0. The molecule has 1 atom stereocenters. The molecule has 1 aromatic carbocycles. The first kappa shape index (κ1) is 14.9. The predicted octanol–water partition coefficient (Wildman–Crippen LogP) is 2.20. The van der Waals surface area contributed by atoms with Crippen molar-refractivity contribution in [1.29, 1.82) is 0 Å². The number of benzene rings is 1. The zero-order valence-corrected chi connectivity index (χ0v) is 11.0. The van der Waals surface area contributed by atoms with Crippen LogP contribution in [0, 0.1) is 11.7 Å². The fourth-order valence-corrected chi connectivity index (χ4v) is 1.44. The van der Waals surface area contributed by atoms with Crippen LogP contribution in [-0.2, 0) is 0 Å². The van der Waals surface area contributed by atoms with Crippen molar-refractivity contribution in [3.63, 3.8) is 0 Å². The number of aliphatic hydroxyl groups is 1.